The molecule has 0 aliphatic heterocycles. The SMILES string of the molecule is CCC(C)(C)NC(=O)C(C)Oc1ccc(CN)cc1Br. The average Bonchev–Trinajstić information content (AvgIpc) is 2.40. The van der Waals surface area contributed by atoms with Crippen LogP contribution in [-0.2, 0) is 11.3 Å². The Balaban J connectivity index is 2.71. The first kappa shape index (κ1) is 17.0. The molecule has 1 aromatic carbocycles. The lowest BCUT2D eigenvalue weighted by molar-refractivity contribution is -0.129. The lowest BCUT2D eigenvalue weighted by atomic mass is 10.0. The van der Waals surface area contributed by atoms with Crippen molar-refractivity contribution in [3.63, 3.8) is 0 Å². The van der Waals surface area contributed by atoms with Crippen LogP contribution in [0.1, 0.15) is 39.7 Å². The van der Waals surface area contributed by atoms with Crippen molar-refractivity contribution >= 4 is 21.8 Å². The van der Waals surface area contributed by atoms with Gasteiger partial charge in [0.2, 0.25) is 0 Å². The Hall–Kier alpha value is -1.07. The second-order valence-electron chi connectivity index (χ2n) is 5.46. The summed E-state index contributed by atoms with van der Waals surface area (Å²) in [5.41, 5.74) is 6.36. The molecule has 0 radical (unpaired) electrons. The average molecular weight is 343 g/mol. The van der Waals surface area contributed by atoms with E-state index in [4.69, 9.17) is 10.5 Å². The first-order chi connectivity index (χ1) is 9.29. The smallest absolute Gasteiger partial charge is 0.261 e. The zero-order valence-corrected chi connectivity index (χ0v) is 14.1. The van der Waals surface area contributed by atoms with Crippen molar-refractivity contribution in [2.75, 3.05) is 0 Å². The Morgan fingerprint density at radius 1 is 1.50 bits per heavy atom. The third kappa shape index (κ3) is 4.80. The molecule has 1 amide bonds. The summed E-state index contributed by atoms with van der Waals surface area (Å²) in [7, 11) is 0. The second-order valence-corrected chi connectivity index (χ2v) is 6.31. The van der Waals surface area contributed by atoms with E-state index in [1.807, 2.05) is 39.0 Å². The molecule has 20 heavy (non-hydrogen) atoms. The monoisotopic (exact) mass is 342 g/mol. The molecule has 1 aromatic rings. The van der Waals surface area contributed by atoms with Crippen LogP contribution < -0.4 is 15.8 Å². The first-order valence-electron chi connectivity index (χ1n) is 6.76. The van der Waals surface area contributed by atoms with Crippen LogP contribution in [0, 0.1) is 0 Å². The summed E-state index contributed by atoms with van der Waals surface area (Å²) >= 11 is 3.43. The van der Waals surface area contributed by atoms with Crippen molar-refractivity contribution in [3.8, 4) is 5.75 Å². The van der Waals surface area contributed by atoms with E-state index in [9.17, 15) is 4.79 Å². The van der Waals surface area contributed by atoms with Gasteiger partial charge in [-0.15, -0.1) is 0 Å². The number of amides is 1. The molecule has 1 atom stereocenters. The highest BCUT2D eigenvalue weighted by atomic mass is 79.9. The van der Waals surface area contributed by atoms with Gasteiger partial charge in [-0.05, 0) is 60.8 Å². The van der Waals surface area contributed by atoms with Gasteiger partial charge >= 0.3 is 0 Å². The number of ether oxygens (including phenoxy) is 1. The molecule has 0 fully saturated rings. The maximum absolute atomic E-state index is 12.1. The van der Waals surface area contributed by atoms with Crippen LogP contribution in [0.25, 0.3) is 0 Å². The predicted molar refractivity (Wildman–Crippen MR) is 84.6 cm³/mol. The Labute approximate surface area is 129 Å². The number of carbonyl (C=O) groups is 1. The van der Waals surface area contributed by atoms with Crippen molar-refractivity contribution in [2.24, 2.45) is 5.73 Å². The summed E-state index contributed by atoms with van der Waals surface area (Å²) in [6.07, 6.45) is 0.307. The molecule has 0 aromatic heterocycles. The highest BCUT2D eigenvalue weighted by molar-refractivity contribution is 9.10. The van der Waals surface area contributed by atoms with Gasteiger partial charge in [-0.1, -0.05) is 13.0 Å². The highest BCUT2D eigenvalue weighted by Crippen LogP contribution is 2.27. The van der Waals surface area contributed by atoms with Crippen LogP contribution in [-0.4, -0.2) is 17.6 Å². The van der Waals surface area contributed by atoms with E-state index in [1.54, 1.807) is 6.92 Å². The van der Waals surface area contributed by atoms with Crippen LogP contribution in [0.3, 0.4) is 0 Å². The number of halogens is 1. The number of rotatable bonds is 6. The van der Waals surface area contributed by atoms with Gasteiger partial charge in [0, 0.05) is 12.1 Å². The van der Waals surface area contributed by atoms with Crippen molar-refractivity contribution < 1.29 is 9.53 Å². The first-order valence-corrected chi connectivity index (χ1v) is 7.55. The highest BCUT2D eigenvalue weighted by Gasteiger charge is 2.23. The molecule has 0 aliphatic carbocycles. The quantitative estimate of drug-likeness (QED) is 0.835. The fourth-order valence-corrected chi connectivity index (χ4v) is 2.05. The van der Waals surface area contributed by atoms with E-state index in [0.29, 0.717) is 12.3 Å². The molecule has 0 saturated heterocycles. The molecule has 3 N–H and O–H groups in total. The van der Waals surface area contributed by atoms with Crippen LogP contribution in [0.4, 0.5) is 0 Å². The lowest BCUT2D eigenvalue weighted by Crippen LogP contribution is -2.48. The fourth-order valence-electron chi connectivity index (χ4n) is 1.53. The molecule has 0 aliphatic rings. The molecule has 0 saturated carbocycles. The number of carbonyl (C=O) groups excluding carboxylic acids is 1. The molecule has 5 heteroatoms. The molecule has 0 bridgehead atoms. The summed E-state index contributed by atoms with van der Waals surface area (Å²) in [5.74, 6) is 0.519. The van der Waals surface area contributed by atoms with E-state index < -0.39 is 6.10 Å². The van der Waals surface area contributed by atoms with E-state index in [2.05, 4.69) is 21.2 Å². The predicted octanol–water partition coefficient (Wildman–Crippen LogP) is 2.98. The number of hydrogen-bond acceptors (Lipinski definition) is 3. The van der Waals surface area contributed by atoms with E-state index in [1.165, 1.54) is 0 Å². The minimum atomic E-state index is -0.555. The minimum Gasteiger partial charge on any atom is -0.480 e. The van der Waals surface area contributed by atoms with Gasteiger partial charge in [0.1, 0.15) is 5.75 Å². The maximum Gasteiger partial charge on any atom is 0.261 e. The van der Waals surface area contributed by atoms with Crippen LogP contribution in [0.2, 0.25) is 0 Å². The Kier molecular flexibility index (Phi) is 6.02. The number of hydrogen-bond donors (Lipinski definition) is 2. The van der Waals surface area contributed by atoms with Gasteiger partial charge in [0.05, 0.1) is 4.47 Å². The normalized spacial score (nSPS) is 12.9. The van der Waals surface area contributed by atoms with Gasteiger partial charge in [-0.25, -0.2) is 0 Å². The van der Waals surface area contributed by atoms with Gasteiger partial charge in [0.15, 0.2) is 6.10 Å². The molecule has 0 spiro atoms. The van der Waals surface area contributed by atoms with Gasteiger partial charge < -0.3 is 15.8 Å². The zero-order chi connectivity index (χ0) is 15.3. The van der Waals surface area contributed by atoms with Crippen LogP contribution in [0.5, 0.6) is 5.75 Å². The molecule has 1 rings (SSSR count). The minimum absolute atomic E-state index is 0.119. The lowest BCUT2D eigenvalue weighted by Gasteiger charge is -2.26. The van der Waals surface area contributed by atoms with E-state index in [0.717, 1.165) is 16.5 Å². The van der Waals surface area contributed by atoms with Crippen LogP contribution in [0.15, 0.2) is 22.7 Å². The van der Waals surface area contributed by atoms with Gasteiger partial charge in [0.25, 0.3) is 5.91 Å². The van der Waals surface area contributed by atoms with Crippen molar-refractivity contribution in [3.05, 3.63) is 28.2 Å². The van der Waals surface area contributed by atoms with Gasteiger partial charge in [-0.3, -0.25) is 4.79 Å². The van der Waals surface area contributed by atoms with Crippen molar-refractivity contribution in [1.82, 2.24) is 5.32 Å². The van der Waals surface area contributed by atoms with E-state index >= 15 is 0 Å². The number of nitrogens with one attached hydrogen (secondary N) is 1. The molecular formula is C15H23BrN2O2. The number of benzene rings is 1. The summed E-state index contributed by atoms with van der Waals surface area (Å²) in [6, 6.07) is 5.61. The zero-order valence-electron chi connectivity index (χ0n) is 12.5. The third-order valence-corrected chi connectivity index (χ3v) is 3.87. The molecule has 1 unspecified atom stereocenters. The number of nitrogens with two attached hydrogens (primary N) is 1. The second kappa shape index (κ2) is 7.09. The molecule has 0 heterocycles. The standard InChI is InChI=1S/C15H23BrN2O2/c1-5-15(3,4)18-14(19)10(2)20-13-7-6-11(9-17)8-12(13)16/h6-8,10H,5,9,17H2,1-4H3,(H,18,19). The van der Waals surface area contributed by atoms with Crippen molar-refractivity contribution in [1.29, 1.82) is 0 Å². The summed E-state index contributed by atoms with van der Waals surface area (Å²) in [5, 5.41) is 2.97. The molecule has 4 nitrogen and oxygen atoms in total. The summed E-state index contributed by atoms with van der Waals surface area (Å²) in [6.45, 7) is 8.23. The molecule has 112 valence electrons. The summed E-state index contributed by atoms with van der Waals surface area (Å²) < 4.78 is 6.50. The Morgan fingerprint density at radius 2 is 2.15 bits per heavy atom. The topological polar surface area (TPSA) is 64.3 Å². The Morgan fingerprint density at radius 3 is 2.65 bits per heavy atom. The fraction of sp³-hybridized carbons (Fsp3) is 0.533. The van der Waals surface area contributed by atoms with Crippen LogP contribution >= 0.6 is 15.9 Å². The third-order valence-electron chi connectivity index (χ3n) is 3.25. The maximum atomic E-state index is 12.1. The largest absolute Gasteiger partial charge is 0.480 e. The van der Waals surface area contributed by atoms with E-state index in [-0.39, 0.29) is 11.4 Å². The van der Waals surface area contributed by atoms with Crippen molar-refractivity contribution in [2.45, 2.75) is 52.3 Å². The Bertz CT molecular complexity index is 475. The van der Waals surface area contributed by atoms with Gasteiger partial charge in [-0.2, -0.15) is 0 Å². The summed E-state index contributed by atoms with van der Waals surface area (Å²) in [4.78, 5) is 12.1. The molecular weight excluding hydrogens is 320 g/mol.